The highest BCUT2D eigenvalue weighted by Gasteiger charge is 2.27. The molecule has 196 valence electrons. The van der Waals surface area contributed by atoms with E-state index < -0.39 is 0 Å². The highest BCUT2D eigenvalue weighted by Crippen LogP contribution is 2.42. The van der Waals surface area contributed by atoms with Crippen LogP contribution in [0.2, 0.25) is 5.02 Å². The molecule has 2 heterocycles. The van der Waals surface area contributed by atoms with E-state index in [0.717, 1.165) is 65.1 Å². The van der Waals surface area contributed by atoms with Gasteiger partial charge in [0.2, 0.25) is 0 Å². The van der Waals surface area contributed by atoms with E-state index in [-0.39, 0.29) is 11.8 Å². The number of aryl methyl sites for hydroxylation is 1. The molecule has 0 spiro atoms. The maximum atomic E-state index is 13.1. The number of piperazine rings is 1. The van der Waals surface area contributed by atoms with Crippen LogP contribution >= 0.6 is 23.4 Å². The second-order valence-corrected chi connectivity index (χ2v) is 11.1. The van der Waals surface area contributed by atoms with Crippen LogP contribution in [-0.2, 0) is 4.79 Å². The molecule has 2 aliphatic heterocycles. The summed E-state index contributed by atoms with van der Waals surface area (Å²) in [7, 11) is 1.76. The summed E-state index contributed by atoms with van der Waals surface area (Å²) in [5, 5.41) is 3.80. The van der Waals surface area contributed by atoms with Gasteiger partial charge in [-0.1, -0.05) is 53.7 Å². The summed E-state index contributed by atoms with van der Waals surface area (Å²) in [6.45, 7) is 7.12. The number of carbonyl (C=O) groups is 2. The van der Waals surface area contributed by atoms with Crippen molar-refractivity contribution in [3.8, 4) is 0 Å². The first kappa shape index (κ1) is 26.4. The quantitative estimate of drug-likeness (QED) is 0.425. The molecule has 1 fully saturated rings. The maximum Gasteiger partial charge on any atom is 0.264 e. The molecule has 0 aliphatic carbocycles. The summed E-state index contributed by atoms with van der Waals surface area (Å²) in [5.41, 5.74) is 4.61. The first-order chi connectivity index (χ1) is 18.4. The van der Waals surface area contributed by atoms with Gasteiger partial charge in [-0.25, -0.2) is 0 Å². The smallest absolute Gasteiger partial charge is 0.264 e. The van der Waals surface area contributed by atoms with Gasteiger partial charge in [0.05, 0.1) is 10.6 Å². The second-order valence-electron chi connectivity index (χ2n) is 9.58. The molecule has 38 heavy (non-hydrogen) atoms. The van der Waals surface area contributed by atoms with Crippen molar-refractivity contribution in [2.45, 2.75) is 11.8 Å². The molecule has 1 N–H and O–H groups in total. The SMILES string of the molecule is Cc1ccccc1C=C1Sc2ccc(C(=O)NCCN3CCN(c4cccc(Cl)c4)CC3)cc2N(C)C1=O. The summed E-state index contributed by atoms with van der Waals surface area (Å²) >= 11 is 7.59. The number of nitrogens with zero attached hydrogens (tertiary/aromatic N) is 3. The molecule has 0 unspecified atom stereocenters. The third-order valence-corrected chi connectivity index (χ3v) is 8.36. The first-order valence-corrected chi connectivity index (χ1v) is 14.0. The molecule has 8 heteroatoms. The second kappa shape index (κ2) is 11.6. The van der Waals surface area contributed by atoms with Crippen LogP contribution in [0, 0.1) is 6.92 Å². The number of carbonyl (C=O) groups excluding carboxylic acids is 2. The summed E-state index contributed by atoms with van der Waals surface area (Å²) < 4.78 is 0. The number of rotatable bonds is 6. The minimum Gasteiger partial charge on any atom is -0.369 e. The Morgan fingerprint density at radius 1 is 1.03 bits per heavy atom. The van der Waals surface area contributed by atoms with Crippen LogP contribution in [0.4, 0.5) is 11.4 Å². The van der Waals surface area contributed by atoms with Gasteiger partial charge in [0, 0.05) is 67.5 Å². The van der Waals surface area contributed by atoms with Crippen LogP contribution in [0.25, 0.3) is 6.08 Å². The molecule has 1 saturated heterocycles. The van der Waals surface area contributed by atoms with E-state index in [4.69, 9.17) is 11.6 Å². The average molecular weight is 547 g/mol. The molecule has 3 aromatic carbocycles. The summed E-state index contributed by atoms with van der Waals surface area (Å²) in [4.78, 5) is 33.9. The Hall–Kier alpha value is -3.26. The third-order valence-electron chi connectivity index (χ3n) is 7.05. The van der Waals surface area contributed by atoms with Crippen molar-refractivity contribution in [2.24, 2.45) is 0 Å². The Balaban J connectivity index is 1.16. The largest absolute Gasteiger partial charge is 0.369 e. The Morgan fingerprint density at radius 3 is 2.58 bits per heavy atom. The zero-order valence-corrected chi connectivity index (χ0v) is 23.2. The molecule has 5 rings (SSSR count). The summed E-state index contributed by atoms with van der Waals surface area (Å²) in [6.07, 6.45) is 1.94. The number of benzene rings is 3. The van der Waals surface area contributed by atoms with Gasteiger partial charge in [-0.2, -0.15) is 0 Å². The monoisotopic (exact) mass is 546 g/mol. The van der Waals surface area contributed by atoms with Crippen LogP contribution in [0.5, 0.6) is 0 Å². The molecule has 0 aromatic heterocycles. The summed E-state index contributed by atoms with van der Waals surface area (Å²) in [6, 6.07) is 21.5. The van der Waals surface area contributed by atoms with Crippen molar-refractivity contribution in [1.29, 1.82) is 0 Å². The highest BCUT2D eigenvalue weighted by atomic mass is 35.5. The lowest BCUT2D eigenvalue weighted by Crippen LogP contribution is -2.48. The van der Waals surface area contributed by atoms with Crippen molar-refractivity contribution in [3.63, 3.8) is 0 Å². The standard InChI is InChI=1S/C30H31ClN4O2S/c1-21-6-3-4-7-22(21)19-28-30(37)33(2)26-18-23(10-11-27(26)38-28)29(36)32-12-13-34-14-16-35(17-15-34)25-9-5-8-24(31)20-25/h3-11,18-20H,12-17H2,1-2H3,(H,32,36). The fourth-order valence-electron chi connectivity index (χ4n) is 4.76. The zero-order valence-electron chi connectivity index (χ0n) is 21.6. The van der Waals surface area contributed by atoms with Crippen LogP contribution in [0.1, 0.15) is 21.5 Å². The first-order valence-electron chi connectivity index (χ1n) is 12.8. The molecule has 0 bridgehead atoms. The number of likely N-dealkylation sites (N-methyl/N-ethyl adjacent to an activating group) is 1. The van der Waals surface area contributed by atoms with Crippen LogP contribution in [0.15, 0.2) is 76.5 Å². The van der Waals surface area contributed by atoms with Crippen molar-refractivity contribution >= 4 is 52.6 Å². The van der Waals surface area contributed by atoms with Crippen LogP contribution < -0.4 is 15.1 Å². The van der Waals surface area contributed by atoms with Crippen molar-refractivity contribution in [2.75, 3.05) is 56.1 Å². The topological polar surface area (TPSA) is 55.9 Å². The van der Waals surface area contributed by atoms with E-state index in [1.54, 1.807) is 11.9 Å². The van der Waals surface area contributed by atoms with Gasteiger partial charge in [0.1, 0.15) is 0 Å². The van der Waals surface area contributed by atoms with Crippen LogP contribution in [0.3, 0.4) is 0 Å². The van der Waals surface area contributed by atoms with Gasteiger partial charge in [-0.3, -0.25) is 14.5 Å². The normalized spacial score (nSPS) is 17.0. The number of nitrogens with one attached hydrogen (secondary N) is 1. The number of hydrogen-bond donors (Lipinski definition) is 1. The number of amides is 2. The minimum absolute atomic E-state index is 0.0692. The Bertz CT molecular complexity index is 1380. The minimum atomic E-state index is -0.127. The highest BCUT2D eigenvalue weighted by molar-refractivity contribution is 8.04. The third kappa shape index (κ3) is 5.90. The van der Waals surface area contributed by atoms with Gasteiger partial charge in [-0.05, 0) is 60.5 Å². The Labute approximate surface area is 233 Å². The van der Waals surface area contributed by atoms with E-state index in [2.05, 4.69) is 21.2 Å². The predicted molar refractivity (Wildman–Crippen MR) is 157 cm³/mol. The van der Waals surface area contributed by atoms with Crippen molar-refractivity contribution < 1.29 is 9.59 Å². The van der Waals surface area contributed by atoms with E-state index in [1.807, 2.05) is 73.7 Å². The van der Waals surface area contributed by atoms with Gasteiger partial charge in [0.15, 0.2) is 0 Å². The Morgan fingerprint density at radius 2 is 1.82 bits per heavy atom. The molecular formula is C30H31ClN4O2S. The van der Waals surface area contributed by atoms with E-state index >= 15 is 0 Å². The lowest BCUT2D eigenvalue weighted by molar-refractivity contribution is -0.114. The van der Waals surface area contributed by atoms with Gasteiger partial charge >= 0.3 is 0 Å². The van der Waals surface area contributed by atoms with Crippen molar-refractivity contribution in [3.05, 3.63) is 93.3 Å². The Kier molecular flexibility index (Phi) is 8.07. The maximum absolute atomic E-state index is 13.1. The molecule has 3 aromatic rings. The number of hydrogen-bond acceptors (Lipinski definition) is 5. The van der Waals surface area contributed by atoms with Gasteiger partial charge in [0.25, 0.3) is 11.8 Å². The fraction of sp³-hybridized carbons (Fsp3) is 0.267. The predicted octanol–water partition coefficient (Wildman–Crippen LogP) is 5.31. The van der Waals surface area contributed by atoms with E-state index in [1.165, 1.54) is 11.8 Å². The average Bonchev–Trinajstić information content (AvgIpc) is 2.93. The molecule has 0 saturated carbocycles. The molecular weight excluding hydrogens is 516 g/mol. The van der Waals surface area contributed by atoms with E-state index in [9.17, 15) is 9.59 Å². The zero-order chi connectivity index (χ0) is 26.6. The van der Waals surface area contributed by atoms with Gasteiger partial charge < -0.3 is 15.1 Å². The fourth-order valence-corrected chi connectivity index (χ4v) is 6.03. The van der Waals surface area contributed by atoms with Gasteiger partial charge in [-0.15, -0.1) is 0 Å². The number of anilines is 2. The van der Waals surface area contributed by atoms with E-state index in [0.29, 0.717) is 17.0 Å². The van der Waals surface area contributed by atoms with Crippen molar-refractivity contribution in [1.82, 2.24) is 10.2 Å². The molecule has 0 atom stereocenters. The van der Waals surface area contributed by atoms with Crippen LogP contribution in [-0.4, -0.2) is 63.0 Å². The molecule has 6 nitrogen and oxygen atoms in total. The number of halogens is 1. The molecule has 2 aliphatic rings. The summed E-state index contributed by atoms with van der Waals surface area (Å²) in [5.74, 6) is -0.197. The molecule has 0 radical (unpaired) electrons. The lowest BCUT2D eigenvalue weighted by atomic mass is 10.1. The lowest BCUT2D eigenvalue weighted by Gasteiger charge is -2.36. The number of fused-ring (bicyclic) bond motifs is 1. The molecule has 2 amide bonds. The number of thioether (sulfide) groups is 1.